The standard InChI is InChI=1S/C11H14ClNO4S.C2H6/c1-11(2,3)17-10(15)13-7-6(12)5-18-8(7)9(14)16-4;1-2/h5H,1-4H3,(H,13,15);1-2H3. The molecule has 0 saturated carbocycles. The molecular weight excluding hydrogens is 302 g/mol. The SMILES string of the molecule is CC.COC(=O)c1scc(Cl)c1NC(=O)OC(C)(C)C. The summed E-state index contributed by atoms with van der Waals surface area (Å²) in [6.07, 6.45) is -0.673. The van der Waals surface area contributed by atoms with Crippen LogP contribution in [0.3, 0.4) is 0 Å². The maximum Gasteiger partial charge on any atom is 0.412 e. The van der Waals surface area contributed by atoms with Crippen molar-refractivity contribution in [3.63, 3.8) is 0 Å². The summed E-state index contributed by atoms with van der Waals surface area (Å²) < 4.78 is 9.67. The lowest BCUT2D eigenvalue weighted by molar-refractivity contribution is 0.0607. The molecule has 0 atom stereocenters. The molecule has 1 heterocycles. The minimum atomic E-state index is -0.673. The fourth-order valence-corrected chi connectivity index (χ4v) is 2.23. The summed E-state index contributed by atoms with van der Waals surface area (Å²) in [6.45, 7) is 9.22. The summed E-state index contributed by atoms with van der Waals surface area (Å²) in [5.41, 5.74) is -0.416. The molecule has 0 radical (unpaired) electrons. The highest BCUT2D eigenvalue weighted by Crippen LogP contribution is 2.33. The van der Waals surface area contributed by atoms with E-state index in [2.05, 4.69) is 10.1 Å². The van der Waals surface area contributed by atoms with E-state index in [0.717, 1.165) is 11.3 Å². The molecule has 114 valence electrons. The van der Waals surface area contributed by atoms with Crippen LogP contribution in [0.4, 0.5) is 10.5 Å². The molecule has 0 unspecified atom stereocenters. The quantitative estimate of drug-likeness (QED) is 0.811. The number of ether oxygens (including phenoxy) is 2. The minimum absolute atomic E-state index is 0.211. The van der Waals surface area contributed by atoms with Crippen LogP contribution in [0.1, 0.15) is 44.3 Å². The average Bonchev–Trinajstić information content (AvgIpc) is 2.70. The predicted octanol–water partition coefficient (Wildman–Crippen LogP) is 4.56. The van der Waals surface area contributed by atoms with Crippen LogP contribution in [0.5, 0.6) is 0 Å². The number of methoxy groups -OCH3 is 1. The maximum atomic E-state index is 11.6. The molecule has 0 fully saturated rings. The summed E-state index contributed by atoms with van der Waals surface area (Å²) in [5, 5.41) is 4.26. The van der Waals surface area contributed by atoms with Crippen LogP contribution in [0.15, 0.2) is 5.38 Å². The third-order valence-corrected chi connectivity index (χ3v) is 3.13. The number of hydrogen-bond acceptors (Lipinski definition) is 5. The summed E-state index contributed by atoms with van der Waals surface area (Å²) in [4.78, 5) is 23.3. The molecule has 1 aromatic heterocycles. The van der Waals surface area contributed by atoms with Crippen LogP contribution in [0.25, 0.3) is 0 Å². The third-order valence-electron chi connectivity index (χ3n) is 1.74. The number of anilines is 1. The van der Waals surface area contributed by atoms with Crippen LogP contribution < -0.4 is 5.32 Å². The Labute approximate surface area is 128 Å². The van der Waals surface area contributed by atoms with Gasteiger partial charge in [-0.3, -0.25) is 5.32 Å². The van der Waals surface area contributed by atoms with Gasteiger partial charge in [-0.1, -0.05) is 25.4 Å². The van der Waals surface area contributed by atoms with E-state index >= 15 is 0 Å². The van der Waals surface area contributed by atoms with Gasteiger partial charge >= 0.3 is 12.1 Å². The number of carbonyl (C=O) groups is 2. The highest BCUT2D eigenvalue weighted by molar-refractivity contribution is 7.13. The molecule has 0 aliphatic carbocycles. The average molecular weight is 322 g/mol. The van der Waals surface area contributed by atoms with Crippen LogP contribution >= 0.6 is 22.9 Å². The van der Waals surface area contributed by atoms with Crippen molar-refractivity contribution in [2.75, 3.05) is 12.4 Å². The number of amides is 1. The Morgan fingerprint density at radius 3 is 2.30 bits per heavy atom. The Morgan fingerprint density at radius 2 is 1.85 bits per heavy atom. The lowest BCUT2D eigenvalue weighted by Gasteiger charge is -2.19. The second-order valence-electron chi connectivity index (χ2n) is 4.41. The normalized spacial score (nSPS) is 10.2. The van der Waals surface area contributed by atoms with Gasteiger partial charge < -0.3 is 9.47 Å². The highest BCUT2D eigenvalue weighted by atomic mass is 35.5. The molecule has 0 saturated heterocycles. The Balaban J connectivity index is 0.00000172. The van der Waals surface area contributed by atoms with E-state index < -0.39 is 17.7 Å². The number of esters is 1. The fourth-order valence-electron chi connectivity index (χ4n) is 1.10. The Kier molecular flexibility index (Phi) is 7.60. The van der Waals surface area contributed by atoms with Gasteiger partial charge in [0, 0.05) is 5.38 Å². The van der Waals surface area contributed by atoms with Gasteiger partial charge in [0.2, 0.25) is 0 Å². The largest absolute Gasteiger partial charge is 0.465 e. The van der Waals surface area contributed by atoms with Gasteiger partial charge in [0.05, 0.1) is 17.8 Å². The molecule has 1 N–H and O–H groups in total. The monoisotopic (exact) mass is 321 g/mol. The summed E-state index contributed by atoms with van der Waals surface area (Å²) in [5.74, 6) is -0.557. The number of carbonyl (C=O) groups excluding carboxylic acids is 2. The van der Waals surface area contributed by atoms with E-state index in [0.29, 0.717) is 0 Å². The van der Waals surface area contributed by atoms with Crippen molar-refractivity contribution in [3.05, 3.63) is 15.3 Å². The number of thiophene rings is 1. The van der Waals surface area contributed by atoms with E-state index in [-0.39, 0.29) is 15.6 Å². The second kappa shape index (κ2) is 8.11. The van der Waals surface area contributed by atoms with E-state index in [4.69, 9.17) is 16.3 Å². The van der Waals surface area contributed by atoms with Crippen molar-refractivity contribution >= 4 is 40.7 Å². The van der Waals surface area contributed by atoms with Gasteiger partial charge in [0.1, 0.15) is 10.5 Å². The summed E-state index contributed by atoms with van der Waals surface area (Å²) in [7, 11) is 1.26. The van der Waals surface area contributed by atoms with Gasteiger partial charge in [-0.2, -0.15) is 0 Å². The van der Waals surface area contributed by atoms with Gasteiger partial charge in [-0.05, 0) is 20.8 Å². The lowest BCUT2D eigenvalue weighted by Crippen LogP contribution is -2.27. The zero-order valence-electron chi connectivity index (χ0n) is 12.5. The molecule has 0 aliphatic rings. The molecular formula is C13H20ClNO4S. The highest BCUT2D eigenvalue weighted by Gasteiger charge is 2.22. The second-order valence-corrected chi connectivity index (χ2v) is 5.69. The fraction of sp³-hybridized carbons (Fsp3) is 0.538. The third kappa shape index (κ3) is 5.79. The molecule has 7 heteroatoms. The zero-order valence-corrected chi connectivity index (χ0v) is 14.1. The first-order valence-corrected chi connectivity index (χ1v) is 7.35. The first kappa shape index (κ1) is 18.7. The van der Waals surface area contributed by atoms with Gasteiger partial charge in [0.25, 0.3) is 0 Å². The van der Waals surface area contributed by atoms with Crippen LogP contribution in [0.2, 0.25) is 5.02 Å². The van der Waals surface area contributed by atoms with Crippen molar-refractivity contribution in [2.24, 2.45) is 0 Å². The van der Waals surface area contributed by atoms with Crippen molar-refractivity contribution in [1.82, 2.24) is 0 Å². The smallest absolute Gasteiger partial charge is 0.412 e. The molecule has 1 rings (SSSR count). The van der Waals surface area contributed by atoms with Gasteiger partial charge in [-0.25, -0.2) is 9.59 Å². The molecule has 0 bridgehead atoms. The molecule has 0 aliphatic heterocycles. The van der Waals surface area contributed by atoms with Gasteiger partial charge in [-0.15, -0.1) is 11.3 Å². The molecule has 20 heavy (non-hydrogen) atoms. The summed E-state index contributed by atoms with van der Waals surface area (Å²) in [6, 6.07) is 0. The van der Waals surface area contributed by atoms with Crippen molar-refractivity contribution in [2.45, 2.75) is 40.2 Å². The summed E-state index contributed by atoms with van der Waals surface area (Å²) >= 11 is 6.99. The topological polar surface area (TPSA) is 64.6 Å². The van der Waals surface area contributed by atoms with Crippen LogP contribution in [-0.4, -0.2) is 24.8 Å². The first-order chi connectivity index (χ1) is 9.24. The zero-order chi connectivity index (χ0) is 15.9. The first-order valence-electron chi connectivity index (χ1n) is 6.10. The maximum absolute atomic E-state index is 11.6. The van der Waals surface area contributed by atoms with Crippen LogP contribution in [0, 0.1) is 0 Å². The van der Waals surface area contributed by atoms with Crippen molar-refractivity contribution in [1.29, 1.82) is 0 Å². The molecule has 0 spiro atoms. The number of halogens is 1. The van der Waals surface area contributed by atoms with Gasteiger partial charge in [0.15, 0.2) is 0 Å². The minimum Gasteiger partial charge on any atom is -0.465 e. The van der Waals surface area contributed by atoms with E-state index in [9.17, 15) is 9.59 Å². The molecule has 0 aromatic carbocycles. The van der Waals surface area contributed by atoms with E-state index in [1.807, 2.05) is 13.8 Å². The van der Waals surface area contributed by atoms with Crippen molar-refractivity contribution < 1.29 is 19.1 Å². The Hall–Kier alpha value is -1.27. The van der Waals surface area contributed by atoms with Crippen LogP contribution in [-0.2, 0) is 9.47 Å². The predicted molar refractivity (Wildman–Crippen MR) is 81.9 cm³/mol. The Morgan fingerprint density at radius 1 is 1.30 bits per heavy atom. The lowest BCUT2D eigenvalue weighted by atomic mass is 10.2. The molecule has 1 aromatic rings. The van der Waals surface area contributed by atoms with Crippen molar-refractivity contribution in [3.8, 4) is 0 Å². The van der Waals surface area contributed by atoms with E-state index in [1.165, 1.54) is 7.11 Å². The number of rotatable bonds is 2. The number of nitrogens with one attached hydrogen (secondary N) is 1. The molecule has 1 amide bonds. The van der Waals surface area contributed by atoms with E-state index in [1.54, 1.807) is 26.2 Å². The number of hydrogen-bond donors (Lipinski definition) is 1. The molecule has 5 nitrogen and oxygen atoms in total. The Bertz CT molecular complexity index is 465.